The largest absolute Gasteiger partial charge is 0.465 e. The van der Waals surface area contributed by atoms with Crippen molar-refractivity contribution in [2.75, 3.05) is 7.11 Å². The molecule has 0 saturated carbocycles. The molecule has 1 aromatic heterocycles. The minimum Gasteiger partial charge on any atom is -0.465 e. The Hall–Kier alpha value is -2.67. The summed E-state index contributed by atoms with van der Waals surface area (Å²) in [5.74, 6) is -0.666. The highest BCUT2D eigenvalue weighted by Crippen LogP contribution is 2.42. The molecular formula is C19H18N2O4S. The van der Waals surface area contributed by atoms with Crippen LogP contribution in [0.15, 0.2) is 35.7 Å². The van der Waals surface area contributed by atoms with E-state index in [2.05, 4.69) is 5.32 Å². The summed E-state index contributed by atoms with van der Waals surface area (Å²) in [7, 11) is 1.32. The molecule has 3 amide bonds. The number of nitrogens with zero attached hydrogens (tertiary/aromatic N) is 1. The van der Waals surface area contributed by atoms with Gasteiger partial charge in [0.25, 0.3) is 5.91 Å². The molecular weight excluding hydrogens is 352 g/mol. The number of hydrogen-bond donors (Lipinski definition) is 1. The van der Waals surface area contributed by atoms with Gasteiger partial charge in [0.2, 0.25) is 0 Å². The van der Waals surface area contributed by atoms with E-state index in [9.17, 15) is 14.4 Å². The van der Waals surface area contributed by atoms with Crippen molar-refractivity contribution in [3.8, 4) is 0 Å². The molecule has 0 radical (unpaired) electrons. The first-order chi connectivity index (χ1) is 12.5. The number of thiophene rings is 1. The number of esters is 1. The molecule has 1 aromatic carbocycles. The predicted molar refractivity (Wildman–Crippen MR) is 95.8 cm³/mol. The minimum absolute atomic E-state index is 0.122. The lowest BCUT2D eigenvalue weighted by Gasteiger charge is -2.31. The van der Waals surface area contributed by atoms with Gasteiger partial charge in [0.1, 0.15) is 5.54 Å². The number of carbonyl (C=O) groups is 3. The third kappa shape index (κ3) is 2.50. The molecule has 1 saturated heterocycles. The zero-order valence-electron chi connectivity index (χ0n) is 14.3. The van der Waals surface area contributed by atoms with Crippen LogP contribution in [-0.4, -0.2) is 29.9 Å². The maximum Gasteiger partial charge on any atom is 0.337 e. The van der Waals surface area contributed by atoms with E-state index in [0.717, 1.165) is 18.4 Å². The second kappa shape index (κ2) is 6.25. The number of urea groups is 1. The summed E-state index contributed by atoms with van der Waals surface area (Å²) in [5.41, 5.74) is 1.09. The highest BCUT2D eigenvalue weighted by Gasteiger charge is 2.54. The monoisotopic (exact) mass is 370 g/mol. The van der Waals surface area contributed by atoms with E-state index in [-0.39, 0.29) is 12.5 Å². The van der Waals surface area contributed by atoms with Crippen molar-refractivity contribution in [3.63, 3.8) is 0 Å². The quantitative estimate of drug-likeness (QED) is 0.666. The van der Waals surface area contributed by atoms with E-state index >= 15 is 0 Å². The molecule has 2 aliphatic rings. The van der Waals surface area contributed by atoms with Crippen LogP contribution in [0.5, 0.6) is 0 Å². The van der Waals surface area contributed by atoms with Gasteiger partial charge < -0.3 is 10.1 Å². The smallest absolute Gasteiger partial charge is 0.337 e. The lowest BCUT2D eigenvalue weighted by atomic mass is 9.80. The molecule has 2 aromatic rings. The molecule has 134 valence electrons. The maximum absolute atomic E-state index is 13.2. The van der Waals surface area contributed by atoms with Gasteiger partial charge in [-0.25, -0.2) is 9.59 Å². The first-order valence-electron chi connectivity index (χ1n) is 8.43. The predicted octanol–water partition coefficient (Wildman–Crippen LogP) is 2.82. The van der Waals surface area contributed by atoms with E-state index in [1.807, 2.05) is 11.4 Å². The van der Waals surface area contributed by atoms with Gasteiger partial charge in [0.05, 0.1) is 19.2 Å². The van der Waals surface area contributed by atoms with Gasteiger partial charge in [-0.05, 0) is 48.4 Å². The molecule has 7 heteroatoms. The van der Waals surface area contributed by atoms with Gasteiger partial charge in [0.15, 0.2) is 0 Å². The highest BCUT2D eigenvalue weighted by atomic mass is 32.1. The number of amides is 3. The van der Waals surface area contributed by atoms with E-state index in [0.29, 0.717) is 17.5 Å². The van der Waals surface area contributed by atoms with Crippen molar-refractivity contribution >= 4 is 29.2 Å². The van der Waals surface area contributed by atoms with Crippen LogP contribution in [0.25, 0.3) is 0 Å². The minimum atomic E-state index is -0.940. The van der Waals surface area contributed by atoms with Crippen LogP contribution in [0.3, 0.4) is 0 Å². The van der Waals surface area contributed by atoms with Crippen LogP contribution in [0, 0.1) is 0 Å². The molecule has 1 spiro atoms. The van der Waals surface area contributed by atoms with Crippen molar-refractivity contribution < 1.29 is 19.1 Å². The van der Waals surface area contributed by atoms with Crippen molar-refractivity contribution in [1.29, 1.82) is 0 Å². The Balaban J connectivity index is 1.63. The van der Waals surface area contributed by atoms with E-state index in [1.54, 1.807) is 35.6 Å². The zero-order chi connectivity index (χ0) is 18.3. The Kier molecular flexibility index (Phi) is 4.03. The number of ether oxygens (including phenoxy) is 1. The number of rotatable bonds is 3. The zero-order valence-corrected chi connectivity index (χ0v) is 15.1. The Labute approximate surface area is 154 Å². The molecule has 1 aliphatic carbocycles. The third-order valence-electron chi connectivity index (χ3n) is 5.03. The Morgan fingerprint density at radius 2 is 2.19 bits per heavy atom. The van der Waals surface area contributed by atoms with Crippen LogP contribution in [0.2, 0.25) is 0 Å². The summed E-state index contributed by atoms with van der Waals surface area (Å²) in [6.45, 7) is 0.122. The molecule has 0 bridgehead atoms. The van der Waals surface area contributed by atoms with Crippen LogP contribution in [0.1, 0.15) is 39.2 Å². The highest BCUT2D eigenvalue weighted by molar-refractivity contribution is 7.10. The second-order valence-corrected chi connectivity index (χ2v) is 7.53. The second-order valence-electron chi connectivity index (χ2n) is 6.53. The summed E-state index contributed by atoms with van der Waals surface area (Å²) < 4.78 is 4.73. The molecule has 1 atom stereocenters. The van der Waals surface area contributed by atoms with Gasteiger partial charge in [0, 0.05) is 10.4 Å². The number of hydrogen-bond acceptors (Lipinski definition) is 5. The van der Waals surface area contributed by atoms with E-state index < -0.39 is 17.5 Å². The molecule has 2 heterocycles. The molecule has 4 rings (SSSR count). The average Bonchev–Trinajstić information content (AvgIpc) is 3.22. The molecule has 1 fully saturated rings. The van der Waals surface area contributed by atoms with Crippen molar-refractivity contribution in [1.82, 2.24) is 10.2 Å². The summed E-state index contributed by atoms with van der Waals surface area (Å²) >= 11 is 1.63. The normalized spacial score (nSPS) is 21.7. The van der Waals surface area contributed by atoms with Gasteiger partial charge >= 0.3 is 12.0 Å². The van der Waals surface area contributed by atoms with Gasteiger partial charge in [-0.3, -0.25) is 9.69 Å². The van der Waals surface area contributed by atoms with Crippen LogP contribution in [0.4, 0.5) is 4.79 Å². The molecule has 26 heavy (non-hydrogen) atoms. The average molecular weight is 370 g/mol. The summed E-state index contributed by atoms with van der Waals surface area (Å²) in [6.07, 6.45) is 2.42. The Morgan fingerprint density at radius 3 is 3.00 bits per heavy atom. The van der Waals surface area contributed by atoms with Crippen molar-refractivity contribution in [2.24, 2.45) is 0 Å². The fourth-order valence-corrected chi connectivity index (χ4v) is 4.78. The summed E-state index contributed by atoms with van der Waals surface area (Å²) in [6, 6.07) is 8.34. The van der Waals surface area contributed by atoms with E-state index in [4.69, 9.17) is 4.74 Å². The van der Waals surface area contributed by atoms with Crippen molar-refractivity contribution in [3.05, 3.63) is 57.3 Å². The number of methoxy groups -OCH3 is 1. The van der Waals surface area contributed by atoms with E-state index in [1.165, 1.54) is 16.9 Å². The molecule has 1 aliphatic heterocycles. The summed E-state index contributed by atoms with van der Waals surface area (Å²) in [4.78, 5) is 39.9. The fraction of sp³-hybridized carbons (Fsp3) is 0.316. The number of imide groups is 1. The topological polar surface area (TPSA) is 75.7 Å². The van der Waals surface area contributed by atoms with Gasteiger partial charge in [-0.1, -0.05) is 12.1 Å². The Morgan fingerprint density at radius 1 is 1.35 bits per heavy atom. The standard InChI is InChI=1S/C19H18N2O4S/c1-25-16(22)13-5-2-4-12(10-13)11-21-17(23)19(20-18(21)24)8-3-6-15-14(19)7-9-26-15/h2,4-5,7,9-10H,3,6,8,11H2,1H3,(H,20,24)/t19-/m0/s1. The third-order valence-corrected chi connectivity index (χ3v) is 6.01. The number of benzene rings is 1. The number of carbonyl (C=O) groups excluding carboxylic acids is 3. The lowest BCUT2D eigenvalue weighted by Crippen LogP contribution is -2.46. The van der Waals surface area contributed by atoms with Gasteiger partial charge in [-0.2, -0.15) is 0 Å². The van der Waals surface area contributed by atoms with Gasteiger partial charge in [-0.15, -0.1) is 11.3 Å². The number of fused-ring (bicyclic) bond motifs is 2. The first-order valence-corrected chi connectivity index (χ1v) is 9.31. The SMILES string of the molecule is COC(=O)c1cccc(CN2C(=O)N[C@]3(CCCc4sccc43)C2=O)c1. The molecule has 0 unspecified atom stereocenters. The Bertz CT molecular complexity index is 906. The lowest BCUT2D eigenvalue weighted by molar-refractivity contribution is -0.132. The number of aryl methyl sites for hydroxylation is 1. The molecule has 6 nitrogen and oxygen atoms in total. The van der Waals surface area contributed by atoms with Crippen LogP contribution >= 0.6 is 11.3 Å². The molecule has 1 N–H and O–H groups in total. The van der Waals surface area contributed by atoms with Crippen LogP contribution < -0.4 is 5.32 Å². The summed E-state index contributed by atoms with van der Waals surface area (Å²) in [5, 5.41) is 4.90. The maximum atomic E-state index is 13.2. The first kappa shape index (κ1) is 16.8. The van der Waals surface area contributed by atoms with Crippen molar-refractivity contribution in [2.45, 2.75) is 31.3 Å². The van der Waals surface area contributed by atoms with Crippen LogP contribution in [-0.2, 0) is 28.0 Å². The number of nitrogens with one attached hydrogen (secondary N) is 1. The fourth-order valence-electron chi connectivity index (χ4n) is 3.78.